The molecule has 1 aliphatic heterocycles. The summed E-state index contributed by atoms with van der Waals surface area (Å²) in [4.78, 5) is 55.1. The highest BCUT2D eigenvalue weighted by atomic mass is 19.1. The number of ether oxygens (including phenoxy) is 2. The van der Waals surface area contributed by atoms with E-state index in [0.29, 0.717) is 22.7 Å². The van der Waals surface area contributed by atoms with E-state index in [2.05, 4.69) is 10.6 Å². The van der Waals surface area contributed by atoms with Crippen LogP contribution in [0.15, 0.2) is 66.7 Å². The van der Waals surface area contributed by atoms with Crippen LogP contribution < -0.4 is 20.1 Å². The van der Waals surface area contributed by atoms with Crippen LogP contribution in [-0.4, -0.2) is 72.2 Å². The van der Waals surface area contributed by atoms with Gasteiger partial charge in [-0.3, -0.25) is 19.3 Å². The molecule has 0 aliphatic carbocycles. The molecule has 3 aromatic rings. The predicted molar refractivity (Wildman–Crippen MR) is 151 cm³/mol. The van der Waals surface area contributed by atoms with Gasteiger partial charge in [0.05, 0.1) is 26.7 Å². The van der Waals surface area contributed by atoms with E-state index in [0.717, 1.165) is 17.7 Å². The number of rotatable bonds is 9. The molecule has 0 radical (unpaired) electrons. The fourth-order valence-electron chi connectivity index (χ4n) is 4.76. The summed E-state index contributed by atoms with van der Waals surface area (Å²) in [5, 5.41) is 14.9. The van der Waals surface area contributed by atoms with Gasteiger partial charge in [0.2, 0.25) is 0 Å². The van der Waals surface area contributed by atoms with Gasteiger partial charge >= 0.3 is 12.0 Å². The lowest BCUT2D eigenvalue weighted by Gasteiger charge is -2.31. The molecule has 4 rings (SSSR count). The largest absolute Gasteiger partial charge is 0.493 e. The molecule has 12 heteroatoms. The lowest BCUT2D eigenvalue weighted by atomic mass is 10.0. The fraction of sp³-hybridized carbons (Fsp3) is 0.267. The average Bonchev–Trinajstić information content (AvgIpc) is 3.42. The second-order valence-corrected chi connectivity index (χ2v) is 9.65. The summed E-state index contributed by atoms with van der Waals surface area (Å²) in [7, 11) is 2.88. The van der Waals surface area contributed by atoms with E-state index in [-0.39, 0.29) is 18.7 Å². The maximum Gasteiger partial charge on any atom is 0.323 e. The van der Waals surface area contributed by atoms with Crippen LogP contribution in [0.1, 0.15) is 33.9 Å². The van der Waals surface area contributed by atoms with Gasteiger partial charge in [0.15, 0.2) is 17.7 Å². The molecular weight excluding hydrogens is 547 g/mol. The normalized spacial score (nSPS) is 15.1. The number of carbonyl (C=O) groups is 4. The number of urea groups is 1. The molecule has 3 N–H and O–H groups in total. The number of benzene rings is 3. The summed E-state index contributed by atoms with van der Waals surface area (Å²) in [6.45, 7) is 1.91. The lowest BCUT2D eigenvalue weighted by Crippen LogP contribution is -2.55. The van der Waals surface area contributed by atoms with Crippen molar-refractivity contribution >= 4 is 29.5 Å². The molecule has 220 valence electrons. The number of carboxylic acids is 1. The van der Waals surface area contributed by atoms with Crippen LogP contribution in [0.4, 0.5) is 14.9 Å². The highest BCUT2D eigenvalue weighted by Crippen LogP contribution is 2.30. The molecule has 1 fully saturated rings. The SMILES string of the molecule is COc1ccc(C(=O)N2CCN(C(=O)Nc3cccc(C)c3)C2C(=O)NC(CC(=O)O)c2ccc(F)cc2)cc1OC. The van der Waals surface area contributed by atoms with E-state index in [1.807, 2.05) is 13.0 Å². The van der Waals surface area contributed by atoms with Gasteiger partial charge in [0, 0.05) is 24.3 Å². The molecule has 3 aromatic carbocycles. The van der Waals surface area contributed by atoms with Crippen molar-refractivity contribution in [3.8, 4) is 11.5 Å². The summed E-state index contributed by atoms with van der Waals surface area (Å²) >= 11 is 0. The number of nitrogens with zero attached hydrogens (tertiary/aromatic N) is 2. The Kier molecular flexibility index (Phi) is 9.25. The number of aliphatic carboxylic acids is 1. The van der Waals surface area contributed by atoms with Crippen LogP contribution in [0.25, 0.3) is 0 Å². The number of carboxylic acid groups (broad SMARTS) is 1. The van der Waals surface area contributed by atoms with Gasteiger partial charge in [-0.2, -0.15) is 0 Å². The number of anilines is 1. The van der Waals surface area contributed by atoms with Crippen molar-refractivity contribution < 1.29 is 38.1 Å². The summed E-state index contributed by atoms with van der Waals surface area (Å²) < 4.78 is 24.1. The van der Waals surface area contributed by atoms with Crippen LogP contribution in [0.3, 0.4) is 0 Å². The molecule has 2 atom stereocenters. The zero-order chi connectivity index (χ0) is 30.4. The van der Waals surface area contributed by atoms with E-state index in [4.69, 9.17) is 9.47 Å². The number of hydrogen-bond donors (Lipinski definition) is 3. The molecular formula is C30H31FN4O7. The van der Waals surface area contributed by atoms with Crippen molar-refractivity contribution in [1.29, 1.82) is 0 Å². The number of amides is 4. The first-order valence-corrected chi connectivity index (χ1v) is 13.1. The highest BCUT2D eigenvalue weighted by Gasteiger charge is 2.44. The standard InChI is InChI=1S/C30H31FN4O7/c1-18-5-4-6-22(15-18)32-30(40)35-14-13-34(29(39)20-9-12-24(41-2)25(16-20)42-3)28(35)27(38)33-23(17-26(36)37)19-7-10-21(31)11-8-19/h4-12,15-16,23,28H,13-14,17H2,1-3H3,(H,32,40)(H,33,38)(H,36,37). The topological polar surface area (TPSA) is 138 Å². The number of nitrogens with one attached hydrogen (secondary N) is 2. The number of halogens is 1. The summed E-state index contributed by atoms with van der Waals surface area (Å²) in [5.41, 5.74) is 1.94. The fourth-order valence-corrected chi connectivity index (χ4v) is 4.76. The minimum absolute atomic E-state index is 0.0205. The Morgan fingerprint density at radius 1 is 0.952 bits per heavy atom. The number of hydrogen-bond acceptors (Lipinski definition) is 6. The Hall–Kier alpha value is -5.13. The maximum atomic E-state index is 13.8. The number of aryl methyl sites for hydroxylation is 1. The smallest absolute Gasteiger partial charge is 0.323 e. The minimum Gasteiger partial charge on any atom is -0.493 e. The van der Waals surface area contributed by atoms with Gasteiger partial charge in [-0.25, -0.2) is 9.18 Å². The van der Waals surface area contributed by atoms with Gasteiger partial charge in [-0.05, 0) is 60.5 Å². The molecule has 4 amide bonds. The summed E-state index contributed by atoms with van der Waals surface area (Å²) in [6, 6.07) is 15.0. The van der Waals surface area contributed by atoms with Crippen molar-refractivity contribution in [3.05, 3.63) is 89.2 Å². The Balaban J connectivity index is 1.67. The van der Waals surface area contributed by atoms with Crippen LogP contribution in [-0.2, 0) is 9.59 Å². The highest BCUT2D eigenvalue weighted by molar-refractivity contribution is 6.01. The van der Waals surface area contributed by atoms with Crippen LogP contribution >= 0.6 is 0 Å². The Morgan fingerprint density at radius 3 is 2.29 bits per heavy atom. The molecule has 1 heterocycles. The Bertz CT molecular complexity index is 1480. The average molecular weight is 579 g/mol. The van der Waals surface area contributed by atoms with Crippen molar-refractivity contribution in [3.63, 3.8) is 0 Å². The van der Waals surface area contributed by atoms with Crippen molar-refractivity contribution in [2.75, 3.05) is 32.6 Å². The molecule has 0 bridgehead atoms. The first kappa shape index (κ1) is 29.8. The Labute approximate surface area is 241 Å². The molecule has 1 saturated heterocycles. The zero-order valence-electron chi connectivity index (χ0n) is 23.3. The van der Waals surface area contributed by atoms with Crippen molar-refractivity contribution in [1.82, 2.24) is 15.1 Å². The van der Waals surface area contributed by atoms with Gasteiger partial charge in [0.25, 0.3) is 11.8 Å². The Morgan fingerprint density at radius 2 is 1.64 bits per heavy atom. The van der Waals surface area contributed by atoms with E-state index >= 15 is 0 Å². The molecule has 11 nitrogen and oxygen atoms in total. The first-order chi connectivity index (χ1) is 20.1. The molecule has 0 spiro atoms. The second-order valence-electron chi connectivity index (χ2n) is 9.65. The summed E-state index contributed by atoms with van der Waals surface area (Å²) in [5.74, 6) is -2.37. The maximum absolute atomic E-state index is 13.8. The number of carbonyl (C=O) groups excluding carboxylic acids is 3. The quantitative estimate of drug-likeness (QED) is 0.351. The van der Waals surface area contributed by atoms with E-state index < -0.39 is 48.3 Å². The van der Waals surface area contributed by atoms with Crippen LogP contribution in [0.5, 0.6) is 11.5 Å². The van der Waals surface area contributed by atoms with Crippen molar-refractivity contribution in [2.45, 2.75) is 25.6 Å². The van der Waals surface area contributed by atoms with Crippen LogP contribution in [0, 0.1) is 12.7 Å². The zero-order valence-corrected chi connectivity index (χ0v) is 23.3. The molecule has 1 aliphatic rings. The van der Waals surface area contributed by atoms with Crippen molar-refractivity contribution in [2.24, 2.45) is 0 Å². The van der Waals surface area contributed by atoms with Gasteiger partial charge in [-0.1, -0.05) is 24.3 Å². The predicted octanol–water partition coefficient (Wildman–Crippen LogP) is 3.80. The van der Waals surface area contributed by atoms with Crippen LogP contribution in [0.2, 0.25) is 0 Å². The van der Waals surface area contributed by atoms with Gasteiger partial charge < -0.3 is 30.1 Å². The van der Waals surface area contributed by atoms with E-state index in [9.17, 15) is 28.7 Å². The van der Waals surface area contributed by atoms with Gasteiger partial charge in [-0.15, -0.1) is 0 Å². The minimum atomic E-state index is -1.42. The summed E-state index contributed by atoms with van der Waals surface area (Å²) in [6.07, 6.45) is -1.93. The third-order valence-electron chi connectivity index (χ3n) is 6.80. The first-order valence-electron chi connectivity index (χ1n) is 13.1. The molecule has 0 saturated carbocycles. The van der Waals surface area contributed by atoms with Gasteiger partial charge in [0.1, 0.15) is 5.82 Å². The third-order valence-corrected chi connectivity index (χ3v) is 6.80. The third kappa shape index (κ3) is 6.77. The molecule has 0 aromatic heterocycles. The van der Waals surface area contributed by atoms with E-state index in [1.165, 1.54) is 48.3 Å². The van der Waals surface area contributed by atoms with E-state index in [1.54, 1.807) is 24.3 Å². The monoisotopic (exact) mass is 578 g/mol. The molecule has 2 unspecified atom stereocenters. The lowest BCUT2D eigenvalue weighted by molar-refractivity contribution is -0.138. The number of methoxy groups -OCH3 is 2. The molecule has 42 heavy (non-hydrogen) atoms. The second kappa shape index (κ2) is 13.0.